The van der Waals surface area contributed by atoms with E-state index in [1.165, 1.54) is 12.1 Å². The predicted molar refractivity (Wildman–Crippen MR) is 79.7 cm³/mol. The summed E-state index contributed by atoms with van der Waals surface area (Å²) in [5.41, 5.74) is 1.09. The fourth-order valence-electron chi connectivity index (χ4n) is 1.74. The number of rotatable bonds is 6. The third-order valence-corrected chi connectivity index (χ3v) is 4.04. The molecule has 0 bridgehead atoms. The van der Waals surface area contributed by atoms with Crippen LogP contribution in [0, 0.1) is 11.7 Å². The largest absolute Gasteiger partial charge is 0.461 e. The summed E-state index contributed by atoms with van der Waals surface area (Å²) >= 11 is 0.992. The van der Waals surface area contributed by atoms with Crippen molar-refractivity contribution >= 4 is 17.5 Å². The third-order valence-electron chi connectivity index (χ3n) is 3.33. The van der Waals surface area contributed by atoms with Gasteiger partial charge in [0.1, 0.15) is 11.5 Å². The Labute approximate surface area is 127 Å². The van der Waals surface area contributed by atoms with Crippen LogP contribution >= 0.6 is 11.5 Å². The van der Waals surface area contributed by atoms with Crippen LogP contribution in [0.1, 0.15) is 36.4 Å². The van der Waals surface area contributed by atoms with Crippen LogP contribution < -0.4 is 0 Å². The van der Waals surface area contributed by atoms with E-state index in [4.69, 9.17) is 4.74 Å². The number of ether oxygens (including phenoxy) is 1. The predicted octanol–water partition coefficient (Wildman–Crippen LogP) is 3.94. The fourth-order valence-corrected chi connectivity index (χ4v) is 2.33. The molecule has 1 heterocycles. The molecule has 0 spiro atoms. The number of nitrogens with zero attached hydrogens (tertiary/aromatic N) is 2. The molecule has 21 heavy (non-hydrogen) atoms. The van der Waals surface area contributed by atoms with Crippen LogP contribution in [-0.2, 0) is 4.74 Å². The molecule has 0 radical (unpaired) electrons. The quantitative estimate of drug-likeness (QED) is 0.759. The average Bonchev–Trinajstić information content (AvgIpc) is 2.97. The van der Waals surface area contributed by atoms with Gasteiger partial charge in [-0.2, -0.15) is 0 Å². The molecule has 6 heteroatoms. The Bertz CT molecular complexity index is 598. The van der Waals surface area contributed by atoms with Crippen LogP contribution in [0.3, 0.4) is 0 Å². The maximum absolute atomic E-state index is 12.9. The van der Waals surface area contributed by atoms with Gasteiger partial charge >= 0.3 is 5.97 Å². The summed E-state index contributed by atoms with van der Waals surface area (Å²) in [4.78, 5) is 12.4. The normalized spacial score (nSPS) is 12.1. The fraction of sp³-hybridized carbons (Fsp3) is 0.400. The van der Waals surface area contributed by atoms with E-state index in [-0.39, 0.29) is 5.82 Å². The van der Waals surface area contributed by atoms with Gasteiger partial charge in [-0.05, 0) is 48.1 Å². The van der Waals surface area contributed by atoms with Gasteiger partial charge in [0.05, 0.1) is 6.61 Å². The zero-order chi connectivity index (χ0) is 15.2. The minimum atomic E-state index is -0.423. The summed E-state index contributed by atoms with van der Waals surface area (Å²) in [6, 6.07) is 5.80. The zero-order valence-corrected chi connectivity index (χ0v) is 12.8. The summed E-state index contributed by atoms with van der Waals surface area (Å²) in [5.74, 6) is -0.235. The average molecular weight is 308 g/mol. The lowest BCUT2D eigenvalue weighted by Crippen LogP contribution is -2.08. The van der Waals surface area contributed by atoms with E-state index in [0.29, 0.717) is 28.7 Å². The van der Waals surface area contributed by atoms with Gasteiger partial charge in [-0.1, -0.05) is 24.8 Å². The number of benzene rings is 1. The molecule has 112 valence electrons. The first kappa shape index (κ1) is 15.6. The lowest BCUT2D eigenvalue weighted by molar-refractivity contribution is 0.0491. The highest BCUT2D eigenvalue weighted by molar-refractivity contribution is 7.08. The number of halogens is 1. The Kier molecular flexibility index (Phi) is 5.38. The monoisotopic (exact) mass is 308 g/mol. The van der Waals surface area contributed by atoms with E-state index in [0.717, 1.165) is 24.4 Å². The summed E-state index contributed by atoms with van der Waals surface area (Å²) in [5, 5.41) is 3.94. The minimum absolute atomic E-state index is 0.334. The number of aromatic nitrogens is 2. The topological polar surface area (TPSA) is 52.1 Å². The highest BCUT2D eigenvalue weighted by Gasteiger charge is 2.19. The van der Waals surface area contributed by atoms with E-state index >= 15 is 0 Å². The smallest absolute Gasteiger partial charge is 0.352 e. The lowest BCUT2D eigenvalue weighted by atomic mass is 10.1. The van der Waals surface area contributed by atoms with Gasteiger partial charge in [0.2, 0.25) is 0 Å². The molecule has 0 N–H and O–H groups in total. The Morgan fingerprint density at radius 1 is 1.38 bits per heavy atom. The van der Waals surface area contributed by atoms with Crippen molar-refractivity contribution in [3.05, 3.63) is 35.0 Å². The first-order valence-electron chi connectivity index (χ1n) is 6.87. The molecule has 1 aromatic carbocycles. The first-order valence-corrected chi connectivity index (χ1v) is 7.64. The second kappa shape index (κ2) is 7.26. The summed E-state index contributed by atoms with van der Waals surface area (Å²) in [6.45, 7) is 4.60. The van der Waals surface area contributed by atoms with Crippen LogP contribution in [0.2, 0.25) is 0 Å². The summed E-state index contributed by atoms with van der Waals surface area (Å²) in [6.07, 6.45) is 1.89. The molecule has 1 atom stereocenters. The minimum Gasteiger partial charge on any atom is -0.461 e. The Morgan fingerprint density at radius 2 is 2.10 bits per heavy atom. The molecule has 0 unspecified atom stereocenters. The standard InChI is InChI=1S/C15H17FN2O2S/c1-3-10(2)8-9-20-15(19)14-13(17-18-21-14)11-4-6-12(16)7-5-11/h4-7,10H,3,8-9H2,1-2H3/t10-/m1/s1. The van der Waals surface area contributed by atoms with Gasteiger partial charge in [0, 0.05) is 5.56 Å². The Balaban J connectivity index is 2.06. The molecule has 0 aliphatic carbocycles. The highest BCUT2D eigenvalue weighted by Crippen LogP contribution is 2.25. The van der Waals surface area contributed by atoms with Crippen molar-refractivity contribution in [3.8, 4) is 11.3 Å². The molecular formula is C15H17FN2O2S. The first-order chi connectivity index (χ1) is 10.1. The molecule has 1 aromatic heterocycles. The summed E-state index contributed by atoms with van der Waals surface area (Å²) < 4.78 is 22.0. The number of hydrogen-bond acceptors (Lipinski definition) is 5. The molecular weight excluding hydrogens is 291 g/mol. The van der Waals surface area contributed by atoms with E-state index in [1.54, 1.807) is 12.1 Å². The van der Waals surface area contributed by atoms with Gasteiger partial charge in [0.25, 0.3) is 0 Å². The van der Waals surface area contributed by atoms with Crippen LogP contribution in [0.4, 0.5) is 4.39 Å². The van der Waals surface area contributed by atoms with Crippen molar-refractivity contribution in [2.45, 2.75) is 26.7 Å². The van der Waals surface area contributed by atoms with Crippen LogP contribution in [0.5, 0.6) is 0 Å². The molecule has 0 aliphatic heterocycles. The zero-order valence-electron chi connectivity index (χ0n) is 12.0. The van der Waals surface area contributed by atoms with Crippen LogP contribution in [0.15, 0.2) is 24.3 Å². The molecule has 2 aromatic rings. The highest BCUT2D eigenvalue weighted by atomic mass is 32.1. The van der Waals surface area contributed by atoms with Gasteiger partial charge in [-0.3, -0.25) is 0 Å². The van der Waals surface area contributed by atoms with Crippen LogP contribution in [-0.4, -0.2) is 22.2 Å². The maximum Gasteiger partial charge on any atom is 0.352 e. The van der Waals surface area contributed by atoms with Crippen molar-refractivity contribution in [2.24, 2.45) is 5.92 Å². The second-order valence-corrected chi connectivity index (χ2v) is 5.65. The Hall–Kier alpha value is -1.82. The molecule has 0 amide bonds. The van der Waals surface area contributed by atoms with Gasteiger partial charge in [0.15, 0.2) is 4.88 Å². The van der Waals surface area contributed by atoms with Crippen molar-refractivity contribution in [1.29, 1.82) is 0 Å². The molecule has 0 saturated heterocycles. The molecule has 0 aliphatic rings. The van der Waals surface area contributed by atoms with E-state index in [9.17, 15) is 9.18 Å². The Morgan fingerprint density at radius 3 is 2.76 bits per heavy atom. The molecule has 0 saturated carbocycles. The van der Waals surface area contributed by atoms with Crippen LogP contribution in [0.25, 0.3) is 11.3 Å². The van der Waals surface area contributed by atoms with Gasteiger partial charge < -0.3 is 4.74 Å². The van der Waals surface area contributed by atoms with Crippen molar-refractivity contribution in [3.63, 3.8) is 0 Å². The number of hydrogen-bond donors (Lipinski definition) is 0. The SMILES string of the molecule is CC[C@@H](C)CCOC(=O)c1snnc1-c1ccc(F)cc1. The van der Waals surface area contributed by atoms with Crippen molar-refractivity contribution in [1.82, 2.24) is 9.59 Å². The van der Waals surface area contributed by atoms with Gasteiger partial charge in [-0.25, -0.2) is 9.18 Å². The second-order valence-electron chi connectivity index (χ2n) is 4.90. The van der Waals surface area contributed by atoms with E-state index in [2.05, 4.69) is 23.4 Å². The lowest BCUT2D eigenvalue weighted by Gasteiger charge is -2.08. The summed E-state index contributed by atoms with van der Waals surface area (Å²) in [7, 11) is 0. The van der Waals surface area contributed by atoms with Crippen molar-refractivity contribution < 1.29 is 13.9 Å². The molecule has 4 nitrogen and oxygen atoms in total. The van der Waals surface area contributed by atoms with E-state index in [1.807, 2.05) is 0 Å². The van der Waals surface area contributed by atoms with Crippen molar-refractivity contribution in [2.75, 3.05) is 6.61 Å². The molecule has 2 rings (SSSR count). The van der Waals surface area contributed by atoms with Gasteiger partial charge in [-0.15, -0.1) is 5.10 Å². The van der Waals surface area contributed by atoms with E-state index < -0.39 is 5.97 Å². The maximum atomic E-state index is 12.9. The number of carbonyl (C=O) groups excluding carboxylic acids is 1. The molecule has 0 fully saturated rings. The third kappa shape index (κ3) is 4.07. The number of carbonyl (C=O) groups is 1. The number of esters is 1.